The maximum absolute atomic E-state index is 12.7. The monoisotopic (exact) mass is 538 g/mol. The van der Waals surface area contributed by atoms with Gasteiger partial charge in [-0.05, 0) is 61.7 Å². The summed E-state index contributed by atoms with van der Waals surface area (Å²) in [5, 5.41) is 14.3. The van der Waals surface area contributed by atoms with Crippen molar-refractivity contribution in [1.29, 1.82) is 0 Å². The predicted octanol–water partition coefficient (Wildman–Crippen LogP) is 4.41. The maximum atomic E-state index is 12.7. The van der Waals surface area contributed by atoms with Gasteiger partial charge in [0.15, 0.2) is 11.5 Å². The summed E-state index contributed by atoms with van der Waals surface area (Å²) in [4.78, 5) is 39.6. The Balaban J connectivity index is 1.16. The van der Waals surface area contributed by atoms with Crippen LogP contribution in [-0.4, -0.2) is 61.0 Å². The lowest BCUT2D eigenvalue weighted by molar-refractivity contribution is 0.0674. The molecule has 1 saturated heterocycles. The first-order chi connectivity index (χ1) is 19.5. The van der Waals surface area contributed by atoms with Crippen molar-refractivity contribution in [1.82, 2.24) is 30.0 Å². The zero-order valence-corrected chi connectivity index (χ0v) is 21.6. The van der Waals surface area contributed by atoms with Crippen LogP contribution in [0.1, 0.15) is 39.4 Å². The number of anilines is 2. The number of nitrogens with one attached hydrogen (secondary N) is 3. The van der Waals surface area contributed by atoms with Crippen LogP contribution in [0.2, 0.25) is 0 Å². The number of aromatic amines is 1. The Kier molecular flexibility index (Phi) is 6.79. The highest BCUT2D eigenvalue weighted by Gasteiger charge is 2.28. The molecule has 40 heavy (non-hydrogen) atoms. The highest BCUT2D eigenvalue weighted by molar-refractivity contribution is 6.03. The van der Waals surface area contributed by atoms with E-state index in [0.29, 0.717) is 52.8 Å². The molecule has 3 N–H and O–H groups in total. The number of carbonyl (C=O) groups excluding carboxylic acids is 2. The molecule has 1 aliphatic heterocycles. The van der Waals surface area contributed by atoms with E-state index in [-0.39, 0.29) is 23.7 Å². The van der Waals surface area contributed by atoms with Gasteiger partial charge in [0.05, 0.1) is 6.20 Å². The molecule has 2 amide bonds. The fourth-order valence-corrected chi connectivity index (χ4v) is 4.64. The number of H-pyrrole nitrogens is 1. The third-order valence-electron chi connectivity index (χ3n) is 6.59. The minimum Gasteiger partial charge on any atom is -0.456 e. The van der Waals surface area contributed by atoms with Gasteiger partial charge >= 0.3 is 5.91 Å². The number of hydrogen-bond donors (Lipinski definition) is 3. The van der Waals surface area contributed by atoms with Crippen LogP contribution in [0.4, 0.5) is 11.6 Å². The quantitative estimate of drug-likeness (QED) is 0.274. The molecule has 1 fully saturated rings. The summed E-state index contributed by atoms with van der Waals surface area (Å²) in [6.45, 7) is 3.05. The predicted molar refractivity (Wildman–Crippen MR) is 146 cm³/mol. The lowest BCUT2D eigenvalue weighted by Crippen LogP contribution is -2.45. The normalized spacial score (nSPS) is 15.1. The molecule has 0 bridgehead atoms. The van der Waals surface area contributed by atoms with Crippen molar-refractivity contribution < 1.29 is 18.7 Å². The molecule has 1 unspecified atom stereocenters. The van der Waals surface area contributed by atoms with Gasteiger partial charge in [-0.2, -0.15) is 5.10 Å². The third kappa shape index (κ3) is 5.32. The Morgan fingerprint density at radius 3 is 2.73 bits per heavy atom. The molecular weight excluding hydrogens is 512 g/mol. The van der Waals surface area contributed by atoms with E-state index in [1.165, 1.54) is 12.5 Å². The number of aromatic nitrogens is 5. The number of piperidine rings is 1. The summed E-state index contributed by atoms with van der Waals surface area (Å²) < 4.78 is 11.4. The van der Waals surface area contributed by atoms with Crippen molar-refractivity contribution >= 4 is 34.5 Å². The smallest absolute Gasteiger partial charge is 0.309 e. The van der Waals surface area contributed by atoms with Crippen molar-refractivity contribution in [3.8, 4) is 11.5 Å². The molecule has 0 saturated carbocycles. The van der Waals surface area contributed by atoms with Gasteiger partial charge in [0, 0.05) is 43.2 Å². The molecule has 12 heteroatoms. The van der Waals surface area contributed by atoms with E-state index in [1.54, 1.807) is 53.7 Å². The first-order valence-electron chi connectivity index (χ1n) is 12.8. The van der Waals surface area contributed by atoms with Gasteiger partial charge in [0.1, 0.15) is 29.0 Å². The lowest BCUT2D eigenvalue weighted by Gasteiger charge is -2.32. The van der Waals surface area contributed by atoms with Gasteiger partial charge in [-0.3, -0.25) is 14.7 Å². The number of aryl methyl sites for hydroxylation is 1. The van der Waals surface area contributed by atoms with Crippen molar-refractivity contribution in [2.45, 2.75) is 25.8 Å². The van der Waals surface area contributed by atoms with Gasteiger partial charge < -0.3 is 24.7 Å². The second-order valence-corrected chi connectivity index (χ2v) is 9.48. The average molecular weight is 539 g/mol. The topological polar surface area (TPSA) is 151 Å². The van der Waals surface area contributed by atoms with Crippen LogP contribution in [0.3, 0.4) is 0 Å². The number of oxazole rings is 1. The van der Waals surface area contributed by atoms with E-state index in [0.717, 1.165) is 18.4 Å². The molecule has 5 aromatic rings. The summed E-state index contributed by atoms with van der Waals surface area (Å²) in [7, 11) is 0. The van der Waals surface area contributed by atoms with Crippen molar-refractivity contribution in [3.05, 3.63) is 84.3 Å². The number of fused-ring (bicyclic) bond motifs is 1. The zero-order chi connectivity index (χ0) is 27.5. The van der Waals surface area contributed by atoms with Crippen LogP contribution in [0.25, 0.3) is 11.0 Å². The molecule has 202 valence electrons. The van der Waals surface area contributed by atoms with E-state index in [2.05, 4.69) is 35.8 Å². The number of pyridine rings is 2. The van der Waals surface area contributed by atoms with Gasteiger partial charge in [0.2, 0.25) is 0 Å². The Hall–Kier alpha value is -5.26. The number of hydrogen-bond acceptors (Lipinski definition) is 9. The van der Waals surface area contributed by atoms with Crippen molar-refractivity contribution in [2.75, 3.05) is 23.7 Å². The first kappa shape index (κ1) is 25.0. The fourth-order valence-electron chi connectivity index (χ4n) is 4.64. The highest BCUT2D eigenvalue weighted by atomic mass is 16.5. The molecule has 0 aliphatic carbocycles. The largest absolute Gasteiger partial charge is 0.456 e. The van der Waals surface area contributed by atoms with Gasteiger partial charge in [-0.25, -0.2) is 15.0 Å². The van der Waals surface area contributed by atoms with Crippen LogP contribution >= 0.6 is 0 Å². The molecule has 1 atom stereocenters. The van der Waals surface area contributed by atoms with Crippen LogP contribution < -0.4 is 15.4 Å². The van der Waals surface area contributed by atoms with E-state index < -0.39 is 0 Å². The Morgan fingerprint density at radius 1 is 1.07 bits per heavy atom. The minimum atomic E-state index is -0.264. The standard InChI is InChI=1S/C28H26N8O4/c1-17-8-10-29-22(15-17)33-26(37)18-4-6-20(7-5-18)40-21-9-11-30-24-23(21)25(35-34-24)32-19-3-2-13-36(16-19)28(38)27-31-12-14-39-27/h4-12,14-15,19H,2-3,13,16H2,1H3,(H,29,33,37)(H2,30,32,34,35). The Morgan fingerprint density at radius 2 is 1.93 bits per heavy atom. The summed E-state index contributed by atoms with van der Waals surface area (Å²) in [6.07, 6.45) is 7.83. The molecule has 1 aliphatic rings. The Labute approximate surface area is 228 Å². The number of carbonyl (C=O) groups is 2. The molecule has 5 heterocycles. The second kappa shape index (κ2) is 10.8. The van der Waals surface area contributed by atoms with E-state index in [9.17, 15) is 9.59 Å². The summed E-state index contributed by atoms with van der Waals surface area (Å²) in [5.41, 5.74) is 2.04. The number of rotatable bonds is 7. The summed E-state index contributed by atoms with van der Waals surface area (Å²) >= 11 is 0. The van der Waals surface area contributed by atoms with Crippen LogP contribution in [0, 0.1) is 6.92 Å². The minimum absolute atomic E-state index is 0.0343. The number of amides is 2. The number of likely N-dealkylation sites (tertiary alicyclic amines) is 1. The van der Waals surface area contributed by atoms with Crippen molar-refractivity contribution in [3.63, 3.8) is 0 Å². The second-order valence-electron chi connectivity index (χ2n) is 9.48. The van der Waals surface area contributed by atoms with Gasteiger partial charge in [0.25, 0.3) is 11.8 Å². The molecule has 1 aromatic carbocycles. The summed E-state index contributed by atoms with van der Waals surface area (Å²) in [5.74, 6) is 1.75. The number of ether oxygens (including phenoxy) is 1. The van der Waals surface area contributed by atoms with E-state index in [1.807, 2.05) is 13.0 Å². The summed E-state index contributed by atoms with van der Waals surface area (Å²) in [6, 6.07) is 12.2. The third-order valence-corrected chi connectivity index (χ3v) is 6.59. The molecule has 4 aromatic heterocycles. The van der Waals surface area contributed by atoms with Crippen molar-refractivity contribution in [2.24, 2.45) is 0 Å². The zero-order valence-electron chi connectivity index (χ0n) is 21.6. The van der Waals surface area contributed by atoms with Crippen LogP contribution in [0.15, 0.2) is 71.7 Å². The average Bonchev–Trinajstić information content (AvgIpc) is 3.65. The van der Waals surface area contributed by atoms with Gasteiger partial charge in [-0.15, -0.1) is 0 Å². The van der Waals surface area contributed by atoms with E-state index >= 15 is 0 Å². The van der Waals surface area contributed by atoms with Crippen LogP contribution in [0.5, 0.6) is 11.5 Å². The maximum Gasteiger partial charge on any atom is 0.309 e. The molecule has 12 nitrogen and oxygen atoms in total. The SMILES string of the molecule is Cc1ccnc(NC(=O)c2ccc(Oc3ccnc4[nH]nc(NC5CCCN(C(=O)c6ncco6)C5)c34)cc2)c1. The first-order valence-corrected chi connectivity index (χ1v) is 12.8. The lowest BCUT2D eigenvalue weighted by atomic mass is 10.1. The Bertz CT molecular complexity index is 1650. The number of nitrogens with zero attached hydrogens (tertiary/aromatic N) is 5. The number of benzene rings is 1. The molecule has 6 rings (SSSR count). The highest BCUT2D eigenvalue weighted by Crippen LogP contribution is 2.33. The fraction of sp³-hybridized carbons (Fsp3) is 0.214. The molecule has 0 spiro atoms. The van der Waals surface area contributed by atoms with E-state index in [4.69, 9.17) is 9.15 Å². The molecular formula is C28H26N8O4. The molecule has 0 radical (unpaired) electrons. The van der Waals surface area contributed by atoms with Crippen LogP contribution in [-0.2, 0) is 0 Å². The van der Waals surface area contributed by atoms with Gasteiger partial charge in [-0.1, -0.05) is 0 Å².